The van der Waals surface area contributed by atoms with E-state index in [0.29, 0.717) is 17.9 Å². The molecule has 9 heteroatoms. The molecule has 0 fully saturated rings. The first-order valence-corrected chi connectivity index (χ1v) is 12.4. The quantitative estimate of drug-likeness (QED) is 0.408. The maximum absolute atomic E-state index is 13.0. The molecule has 0 spiro atoms. The minimum absolute atomic E-state index is 0.0353. The number of benzene rings is 2. The molecule has 0 saturated heterocycles. The Morgan fingerprint density at radius 2 is 1.78 bits per heavy atom. The summed E-state index contributed by atoms with van der Waals surface area (Å²) in [6, 6.07) is 13.0. The number of allylic oxidation sites excluding steroid dienone is 1. The zero-order valence-electron chi connectivity index (χ0n) is 20.9. The molecule has 8 nitrogen and oxygen atoms in total. The second-order valence-electron chi connectivity index (χ2n) is 8.43. The monoisotopic (exact) mass is 507 g/mol. The van der Waals surface area contributed by atoms with Gasteiger partial charge in [-0.1, -0.05) is 41.6 Å². The summed E-state index contributed by atoms with van der Waals surface area (Å²) >= 11 is 1.04. The molecule has 2 N–H and O–H groups in total. The van der Waals surface area contributed by atoms with Crippen molar-refractivity contribution in [3.8, 4) is 11.8 Å². The minimum Gasteiger partial charge on any atom is -0.494 e. The van der Waals surface area contributed by atoms with Crippen molar-refractivity contribution in [1.29, 1.82) is 5.26 Å². The van der Waals surface area contributed by atoms with Crippen molar-refractivity contribution in [3.05, 3.63) is 69.3 Å². The molecule has 0 radical (unpaired) electrons. The van der Waals surface area contributed by atoms with Gasteiger partial charge >= 0.3 is 5.97 Å². The maximum Gasteiger partial charge on any atom is 0.319 e. The Balaban J connectivity index is 1.90. The third-order valence-corrected chi connectivity index (χ3v) is 6.84. The molecule has 2 amide bonds. The third-order valence-electron chi connectivity index (χ3n) is 5.82. The second-order valence-corrected chi connectivity index (χ2v) is 9.42. The lowest BCUT2D eigenvalue weighted by atomic mass is 9.78. The molecule has 0 aliphatic carbocycles. The number of rotatable bonds is 8. The summed E-state index contributed by atoms with van der Waals surface area (Å²) in [7, 11) is 1.20. The molecule has 1 aliphatic heterocycles. The van der Waals surface area contributed by atoms with Crippen molar-refractivity contribution in [2.75, 3.05) is 24.8 Å². The van der Waals surface area contributed by atoms with E-state index in [1.54, 1.807) is 24.3 Å². The molecule has 0 bridgehead atoms. The van der Waals surface area contributed by atoms with Crippen LogP contribution in [0.25, 0.3) is 0 Å². The van der Waals surface area contributed by atoms with Gasteiger partial charge < -0.3 is 20.1 Å². The molecule has 2 aromatic carbocycles. The van der Waals surface area contributed by atoms with Crippen LogP contribution in [0.4, 0.5) is 5.69 Å². The molecule has 0 saturated carbocycles. The lowest BCUT2D eigenvalue weighted by Crippen LogP contribution is -2.44. The predicted molar refractivity (Wildman–Crippen MR) is 138 cm³/mol. The molecule has 188 valence electrons. The van der Waals surface area contributed by atoms with Crippen LogP contribution in [0.5, 0.6) is 5.75 Å². The molecule has 36 heavy (non-hydrogen) atoms. The van der Waals surface area contributed by atoms with Gasteiger partial charge in [0.15, 0.2) is 0 Å². The van der Waals surface area contributed by atoms with E-state index in [2.05, 4.69) is 16.7 Å². The Morgan fingerprint density at radius 3 is 2.33 bits per heavy atom. The first-order chi connectivity index (χ1) is 17.2. The first kappa shape index (κ1) is 26.8. The summed E-state index contributed by atoms with van der Waals surface area (Å²) in [6.45, 7) is 8.20. The van der Waals surface area contributed by atoms with Crippen LogP contribution in [0.1, 0.15) is 35.1 Å². The summed E-state index contributed by atoms with van der Waals surface area (Å²) in [5.74, 6) is -3.11. The molecule has 0 unspecified atom stereocenters. The van der Waals surface area contributed by atoms with E-state index >= 15 is 0 Å². The molecular weight excluding hydrogens is 478 g/mol. The normalized spacial score (nSPS) is 17.2. The van der Waals surface area contributed by atoms with Gasteiger partial charge in [-0.15, -0.1) is 0 Å². The largest absolute Gasteiger partial charge is 0.494 e. The lowest BCUT2D eigenvalue weighted by Gasteiger charge is -2.31. The van der Waals surface area contributed by atoms with Gasteiger partial charge in [-0.3, -0.25) is 14.4 Å². The number of carbonyl (C=O) groups excluding carboxylic acids is 3. The number of aryl methyl sites for hydroxylation is 3. The molecule has 1 heterocycles. The van der Waals surface area contributed by atoms with Crippen molar-refractivity contribution in [2.45, 2.75) is 33.6 Å². The molecule has 1 aliphatic rings. The number of carbonyl (C=O) groups is 3. The van der Waals surface area contributed by atoms with Crippen molar-refractivity contribution in [1.82, 2.24) is 5.32 Å². The number of nitrogens with one attached hydrogen (secondary N) is 2. The number of ether oxygens (including phenoxy) is 2. The van der Waals surface area contributed by atoms with Crippen molar-refractivity contribution >= 4 is 35.2 Å². The SMILES string of the molecule is CCOc1ccc([C@H]2C(C#N)=C(SCC(=O)Nc3c(C)cc(C)cc3C)NC(=O)[C@H]2C(=O)OC)cc1. The number of esters is 1. The average molecular weight is 508 g/mol. The lowest BCUT2D eigenvalue weighted by molar-refractivity contribution is -0.150. The van der Waals surface area contributed by atoms with Crippen LogP contribution in [0.15, 0.2) is 47.0 Å². The highest BCUT2D eigenvalue weighted by atomic mass is 32.2. The highest BCUT2D eigenvalue weighted by Gasteiger charge is 2.44. The van der Waals surface area contributed by atoms with Gasteiger partial charge in [0.05, 0.1) is 36.1 Å². The van der Waals surface area contributed by atoms with Crippen LogP contribution in [-0.2, 0) is 19.1 Å². The van der Waals surface area contributed by atoms with E-state index in [4.69, 9.17) is 9.47 Å². The number of hydrogen-bond donors (Lipinski definition) is 2. The van der Waals surface area contributed by atoms with Gasteiger partial charge in [0, 0.05) is 11.6 Å². The summed E-state index contributed by atoms with van der Waals surface area (Å²) in [6.07, 6.45) is 0. The van der Waals surface area contributed by atoms with Gasteiger partial charge in [-0.2, -0.15) is 5.26 Å². The Hall–Kier alpha value is -3.77. The van der Waals surface area contributed by atoms with Crippen LogP contribution < -0.4 is 15.4 Å². The fraction of sp³-hybridized carbons (Fsp3) is 0.333. The van der Waals surface area contributed by atoms with Gasteiger partial charge in [0.25, 0.3) is 0 Å². The van der Waals surface area contributed by atoms with Crippen LogP contribution in [-0.4, -0.2) is 37.3 Å². The third kappa shape index (κ3) is 5.89. The summed E-state index contributed by atoms with van der Waals surface area (Å²) < 4.78 is 10.3. The second kappa shape index (κ2) is 11.8. The summed E-state index contributed by atoms with van der Waals surface area (Å²) in [5, 5.41) is 15.8. The van der Waals surface area contributed by atoms with Gasteiger partial charge in [0.2, 0.25) is 11.8 Å². The van der Waals surface area contributed by atoms with E-state index < -0.39 is 23.7 Å². The Bertz CT molecular complexity index is 1220. The van der Waals surface area contributed by atoms with E-state index in [1.165, 1.54) is 7.11 Å². The standard InChI is InChI=1S/C27H29N3O5S/c1-6-35-19-9-7-18(8-10-19)22-20(13-28)26(30-25(32)23(22)27(33)34-5)36-14-21(31)29-24-16(3)11-15(2)12-17(24)4/h7-12,22-23H,6,14H2,1-5H3,(H,29,31)(H,30,32)/t22-,23-/m0/s1. The highest BCUT2D eigenvalue weighted by Crippen LogP contribution is 2.40. The molecular formula is C27H29N3O5S. The highest BCUT2D eigenvalue weighted by molar-refractivity contribution is 8.03. The van der Waals surface area contributed by atoms with Gasteiger partial charge in [0.1, 0.15) is 11.7 Å². The topological polar surface area (TPSA) is 118 Å². The number of nitriles is 1. The van der Waals surface area contributed by atoms with E-state index in [9.17, 15) is 19.6 Å². The summed E-state index contributed by atoms with van der Waals surface area (Å²) in [5.41, 5.74) is 4.52. The number of hydrogen-bond acceptors (Lipinski definition) is 7. The molecule has 2 atom stereocenters. The Morgan fingerprint density at radius 1 is 1.14 bits per heavy atom. The molecule has 2 aromatic rings. The van der Waals surface area contributed by atoms with Crippen molar-refractivity contribution in [2.24, 2.45) is 5.92 Å². The zero-order valence-corrected chi connectivity index (χ0v) is 21.7. The van der Waals surface area contributed by atoms with E-state index in [0.717, 1.165) is 34.1 Å². The minimum atomic E-state index is -1.24. The number of nitrogens with zero attached hydrogens (tertiary/aromatic N) is 1. The Kier molecular flexibility index (Phi) is 8.78. The van der Waals surface area contributed by atoms with E-state index in [1.807, 2.05) is 39.8 Å². The van der Waals surface area contributed by atoms with Crippen LogP contribution in [0.2, 0.25) is 0 Å². The fourth-order valence-corrected chi connectivity index (χ4v) is 5.16. The molecule has 0 aromatic heterocycles. The van der Waals surface area contributed by atoms with Crippen LogP contribution >= 0.6 is 11.8 Å². The summed E-state index contributed by atoms with van der Waals surface area (Å²) in [4.78, 5) is 38.3. The smallest absolute Gasteiger partial charge is 0.319 e. The zero-order chi connectivity index (χ0) is 26.4. The number of anilines is 1. The van der Waals surface area contributed by atoms with E-state index in [-0.39, 0.29) is 22.3 Å². The number of thioether (sulfide) groups is 1. The number of amides is 2. The van der Waals surface area contributed by atoms with Crippen molar-refractivity contribution in [3.63, 3.8) is 0 Å². The van der Waals surface area contributed by atoms with Gasteiger partial charge in [-0.05, 0) is 56.5 Å². The predicted octanol–water partition coefficient (Wildman–Crippen LogP) is 4.12. The van der Waals surface area contributed by atoms with Gasteiger partial charge in [-0.25, -0.2) is 0 Å². The van der Waals surface area contributed by atoms with Crippen molar-refractivity contribution < 1.29 is 23.9 Å². The fourth-order valence-electron chi connectivity index (χ4n) is 4.31. The van der Waals surface area contributed by atoms with Crippen LogP contribution in [0.3, 0.4) is 0 Å². The average Bonchev–Trinajstić information content (AvgIpc) is 2.84. The maximum atomic E-state index is 13.0. The van der Waals surface area contributed by atoms with Crippen LogP contribution in [0, 0.1) is 38.0 Å². The Labute approximate surface area is 215 Å². The first-order valence-electron chi connectivity index (χ1n) is 11.5. The molecule has 3 rings (SSSR count). The number of methoxy groups -OCH3 is 1.